The van der Waals surface area contributed by atoms with E-state index in [0.29, 0.717) is 11.5 Å². The first-order chi connectivity index (χ1) is 16.1. The highest BCUT2D eigenvalue weighted by atomic mass is 16.3. The monoisotopic (exact) mass is 490 g/mol. The summed E-state index contributed by atoms with van der Waals surface area (Å²) in [5, 5.41) is 22.5. The molecule has 198 valence electrons. The minimum absolute atomic E-state index is 0.202. The van der Waals surface area contributed by atoms with Crippen LogP contribution in [0.1, 0.15) is 130 Å². The summed E-state index contributed by atoms with van der Waals surface area (Å²) in [7, 11) is 0. The summed E-state index contributed by atoms with van der Waals surface area (Å²) in [6.07, 6.45) is 4.34. The molecule has 0 amide bonds. The molecule has 2 aromatic carbocycles. The van der Waals surface area contributed by atoms with E-state index in [2.05, 4.69) is 133 Å². The summed E-state index contributed by atoms with van der Waals surface area (Å²) >= 11 is 0. The summed E-state index contributed by atoms with van der Waals surface area (Å²) in [5.74, 6) is 0.789. The van der Waals surface area contributed by atoms with Gasteiger partial charge in [-0.25, -0.2) is 0 Å². The van der Waals surface area contributed by atoms with Crippen molar-refractivity contribution in [3.05, 3.63) is 69.8 Å². The molecular formula is C34H50O2. The Bertz CT molecular complexity index is 1010. The molecular weight excluding hydrogens is 440 g/mol. The fraction of sp³-hybridized carbons (Fsp3) is 0.529. The fourth-order valence-corrected chi connectivity index (χ4v) is 4.82. The zero-order valence-corrected chi connectivity index (χ0v) is 25.4. The molecule has 0 aliphatic carbocycles. The largest absolute Gasteiger partial charge is 0.507 e. The highest BCUT2D eigenvalue weighted by Gasteiger charge is 2.30. The molecule has 0 radical (unpaired) electrons. The molecule has 0 unspecified atom stereocenters. The van der Waals surface area contributed by atoms with Crippen molar-refractivity contribution < 1.29 is 10.2 Å². The zero-order chi connectivity index (χ0) is 28.0. The predicted octanol–water partition coefficient (Wildman–Crippen LogP) is 9.79. The van der Waals surface area contributed by atoms with Crippen molar-refractivity contribution in [2.75, 3.05) is 0 Å². The van der Waals surface area contributed by atoms with E-state index in [4.69, 9.17) is 0 Å². The Balaban J connectivity index is 2.93. The minimum Gasteiger partial charge on any atom is -0.507 e. The van der Waals surface area contributed by atoms with Crippen LogP contribution in [0.5, 0.6) is 11.5 Å². The van der Waals surface area contributed by atoms with Gasteiger partial charge in [-0.05, 0) is 82.0 Å². The molecule has 0 aromatic heterocycles. The lowest BCUT2D eigenvalue weighted by Gasteiger charge is -2.30. The van der Waals surface area contributed by atoms with Crippen LogP contribution in [0.15, 0.2) is 36.4 Å². The summed E-state index contributed by atoms with van der Waals surface area (Å²) in [6, 6.07) is 8.61. The van der Waals surface area contributed by atoms with E-state index in [-0.39, 0.29) is 21.7 Å². The van der Waals surface area contributed by atoms with Crippen LogP contribution in [0.3, 0.4) is 0 Å². The van der Waals surface area contributed by atoms with Gasteiger partial charge in [0.1, 0.15) is 11.5 Å². The second kappa shape index (κ2) is 9.77. The van der Waals surface area contributed by atoms with Gasteiger partial charge in [0.15, 0.2) is 0 Å². The lowest BCUT2D eigenvalue weighted by molar-refractivity contribution is 0.422. The van der Waals surface area contributed by atoms with Gasteiger partial charge < -0.3 is 10.2 Å². The Labute approximate surface area is 221 Å². The van der Waals surface area contributed by atoms with Gasteiger partial charge in [0, 0.05) is 22.3 Å². The van der Waals surface area contributed by atoms with Gasteiger partial charge >= 0.3 is 0 Å². The molecule has 2 aromatic rings. The maximum absolute atomic E-state index is 11.3. The molecule has 0 atom stereocenters. The Kier molecular flexibility index (Phi) is 8.07. The number of phenolic OH excluding ortho intramolecular Hbond substituents is 2. The number of rotatable bonds is 3. The molecule has 0 saturated carbocycles. The molecule has 0 fully saturated rings. The Hall–Kier alpha value is -2.48. The molecule has 2 rings (SSSR count). The quantitative estimate of drug-likeness (QED) is 0.420. The smallest absolute Gasteiger partial charge is 0.123 e. The van der Waals surface area contributed by atoms with E-state index in [1.165, 1.54) is 0 Å². The molecule has 2 nitrogen and oxygen atoms in total. The molecule has 2 heteroatoms. The van der Waals surface area contributed by atoms with Crippen LogP contribution < -0.4 is 0 Å². The Morgan fingerprint density at radius 1 is 0.472 bits per heavy atom. The number of benzene rings is 2. The van der Waals surface area contributed by atoms with Gasteiger partial charge in [-0.1, -0.05) is 95.2 Å². The van der Waals surface area contributed by atoms with Gasteiger partial charge in [0.05, 0.1) is 0 Å². The second-order valence-electron chi connectivity index (χ2n) is 14.2. The average molecular weight is 491 g/mol. The van der Waals surface area contributed by atoms with E-state index in [9.17, 15) is 10.2 Å². The molecule has 0 saturated heterocycles. The average Bonchev–Trinajstić information content (AvgIpc) is 2.69. The molecule has 0 aliphatic heterocycles. The van der Waals surface area contributed by atoms with Crippen LogP contribution in [-0.2, 0) is 21.7 Å². The maximum Gasteiger partial charge on any atom is 0.123 e. The van der Waals surface area contributed by atoms with Gasteiger partial charge in [-0.15, -0.1) is 0 Å². The highest BCUT2D eigenvalue weighted by molar-refractivity contribution is 6.05. The molecule has 0 spiro atoms. The Morgan fingerprint density at radius 3 is 0.806 bits per heavy atom. The van der Waals surface area contributed by atoms with Gasteiger partial charge in [-0.3, -0.25) is 0 Å². The molecule has 2 N–H and O–H groups in total. The second-order valence-corrected chi connectivity index (χ2v) is 14.2. The summed E-state index contributed by atoms with van der Waals surface area (Å²) < 4.78 is 0. The topological polar surface area (TPSA) is 40.5 Å². The summed E-state index contributed by atoms with van der Waals surface area (Å²) in [4.78, 5) is 0. The van der Waals surface area contributed by atoms with Crippen LogP contribution in [-0.4, -0.2) is 10.2 Å². The highest BCUT2D eigenvalue weighted by Crippen LogP contribution is 2.45. The van der Waals surface area contributed by atoms with E-state index >= 15 is 0 Å². The van der Waals surface area contributed by atoms with Crippen LogP contribution in [0, 0.1) is 0 Å². The first kappa shape index (κ1) is 29.7. The van der Waals surface area contributed by atoms with Crippen LogP contribution in [0.25, 0.3) is 11.1 Å². The number of hydrogen-bond donors (Lipinski definition) is 2. The third kappa shape index (κ3) is 6.07. The number of allylic oxidation sites excluding steroid dienone is 4. The van der Waals surface area contributed by atoms with Crippen molar-refractivity contribution in [1.82, 2.24) is 0 Å². The van der Waals surface area contributed by atoms with Crippen molar-refractivity contribution >= 4 is 11.1 Å². The fourth-order valence-electron chi connectivity index (χ4n) is 4.82. The number of phenols is 2. The standard InChI is InChI=1S/C34H50O2/c1-15-23(21-17-25(31(3,4)5)29(35)26(18-21)32(6,7)8)24(16-2)22-19-27(33(9,10)11)30(36)28(20-22)34(12,13)14/h15-20,35-36H,1-14H3/b23-15+,24-16+. The molecule has 36 heavy (non-hydrogen) atoms. The summed E-state index contributed by atoms with van der Waals surface area (Å²) in [5.41, 5.74) is 7.46. The predicted molar refractivity (Wildman–Crippen MR) is 158 cm³/mol. The number of hydrogen-bond acceptors (Lipinski definition) is 2. The van der Waals surface area contributed by atoms with Crippen LogP contribution in [0.4, 0.5) is 0 Å². The lowest BCUT2D eigenvalue weighted by Crippen LogP contribution is -2.18. The van der Waals surface area contributed by atoms with Crippen LogP contribution >= 0.6 is 0 Å². The normalized spacial score (nSPS) is 14.4. The Morgan fingerprint density at radius 2 is 0.667 bits per heavy atom. The molecule has 0 heterocycles. The summed E-state index contributed by atoms with van der Waals surface area (Å²) in [6.45, 7) is 29.9. The third-order valence-corrected chi connectivity index (χ3v) is 6.94. The van der Waals surface area contributed by atoms with Crippen molar-refractivity contribution in [1.29, 1.82) is 0 Å². The maximum atomic E-state index is 11.3. The van der Waals surface area contributed by atoms with Crippen molar-refractivity contribution in [2.24, 2.45) is 0 Å². The van der Waals surface area contributed by atoms with E-state index in [1.807, 2.05) is 0 Å². The van der Waals surface area contributed by atoms with Crippen molar-refractivity contribution in [3.63, 3.8) is 0 Å². The minimum atomic E-state index is -0.202. The lowest BCUT2D eigenvalue weighted by atomic mass is 9.75. The van der Waals surface area contributed by atoms with Gasteiger partial charge in [0.25, 0.3) is 0 Å². The number of aromatic hydroxyl groups is 2. The first-order valence-corrected chi connectivity index (χ1v) is 13.2. The SMILES string of the molecule is C/C=C(/C(=C/C)c1cc(C(C)(C)C)c(O)c(C(C)(C)C)c1)c1cc(C(C)(C)C)c(O)c(C(C)(C)C)c1. The van der Waals surface area contributed by atoms with Gasteiger partial charge in [-0.2, -0.15) is 0 Å². The van der Waals surface area contributed by atoms with Crippen molar-refractivity contribution in [3.8, 4) is 11.5 Å². The molecule has 0 aliphatic rings. The third-order valence-electron chi connectivity index (χ3n) is 6.94. The van der Waals surface area contributed by atoms with Crippen molar-refractivity contribution in [2.45, 2.75) is 119 Å². The first-order valence-electron chi connectivity index (χ1n) is 13.2. The van der Waals surface area contributed by atoms with E-state index < -0.39 is 0 Å². The van der Waals surface area contributed by atoms with E-state index in [0.717, 1.165) is 44.5 Å². The van der Waals surface area contributed by atoms with Crippen LogP contribution in [0.2, 0.25) is 0 Å². The zero-order valence-electron chi connectivity index (χ0n) is 25.4. The van der Waals surface area contributed by atoms with Gasteiger partial charge in [0.2, 0.25) is 0 Å². The molecule has 0 bridgehead atoms. The van der Waals surface area contributed by atoms with E-state index in [1.54, 1.807) is 0 Å².